The SMILES string of the molecule is Fc1cc(-n2c(=S)[nH]c3cnccc32)c(F)cc1Br. The highest BCUT2D eigenvalue weighted by Crippen LogP contribution is 2.25. The molecule has 19 heavy (non-hydrogen) atoms. The van der Waals surface area contributed by atoms with E-state index < -0.39 is 11.6 Å². The molecule has 0 aliphatic heterocycles. The molecule has 0 atom stereocenters. The van der Waals surface area contributed by atoms with Gasteiger partial charge in [-0.15, -0.1) is 0 Å². The molecule has 3 aromatic rings. The molecular weight excluding hydrogens is 336 g/mol. The maximum absolute atomic E-state index is 14.0. The summed E-state index contributed by atoms with van der Waals surface area (Å²) in [4.78, 5) is 6.85. The van der Waals surface area contributed by atoms with Crippen molar-refractivity contribution in [1.29, 1.82) is 0 Å². The number of halogens is 3. The Morgan fingerprint density at radius 3 is 2.84 bits per heavy atom. The zero-order valence-electron chi connectivity index (χ0n) is 9.32. The van der Waals surface area contributed by atoms with E-state index in [0.717, 1.165) is 12.1 Å². The molecule has 0 aliphatic carbocycles. The molecule has 7 heteroatoms. The second-order valence-electron chi connectivity index (χ2n) is 3.88. The van der Waals surface area contributed by atoms with E-state index in [-0.39, 0.29) is 14.9 Å². The van der Waals surface area contributed by atoms with E-state index in [1.807, 2.05) is 0 Å². The number of aromatic amines is 1. The van der Waals surface area contributed by atoms with Gasteiger partial charge in [-0.05, 0) is 40.3 Å². The average Bonchev–Trinajstić information content (AvgIpc) is 2.70. The summed E-state index contributed by atoms with van der Waals surface area (Å²) in [6.07, 6.45) is 3.14. The van der Waals surface area contributed by atoms with Crippen molar-refractivity contribution in [2.75, 3.05) is 0 Å². The van der Waals surface area contributed by atoms with Crippen molar-refractivity contribution in [3.05, 3.63) is 51.5 Å². The number of fused-ring (bicyclic) bond motifs is 1. The van der Waals surface area contributed by atoms with Gasteiger partial charge >= 0.3 is 0 Å². The van der Waals surface area contributed by atoms with Crippen LogP contribution >= 0.6 is 28.1 Å². The van der Waals surface area contributed by atoms with Gasteiger partial charge in [-0.2, -0.15) is 0 Å². The summed E-state index contributed by atoms with van der Waals surface area (Å²) in [7, 11) is 0. The highest BCUT2D eigenvalue weighted by molar-refractivity contribution is 9.10. The Bertz CT molecular complexity index is 841. The van der Waals surface area contributed by atoms with E-state index in [1.54, 1.807) is 18.5 Å². The number of aromatic nitrogens is 3. The van der Waals surface area contributed by atoms with Crippen molar-refractivity contribution in [3.8, 4) is 5.69 Å². The minimum Gasteiger partial charge on any atom is -0.329 e. The number of pyridine rings is 1. The predicted octanol–water partition coefficient (Wildman–Crippen LogP) is 4.12. The van der Waals surface area contributed by atoms with Crippen LogP contribution in [0.5, 0.6) is 0 Å². The summed E-state index contributed by atoms with van der Waals surface area (Å²) in [5.74, 6) is -1.12. The number of nitrogens with zero attached hydrogens (tertiary/aromatic N) is 2. The molecule has 96 valence electrons. The Balaban J connectivity index is 2.40. The van der Waals surface area contributed by atoms with Gasteiger partial charge in [0.2, 0.25) is 0 Å². The van der Waals surface area contributed by atoms with E-state index in [9.17, 15) is 8.78 Å². The lowest BCUT2D eigenvalue weighted by molar-refractivity contribution is 0.588. The number of rotatable bonds is 1. The number of imidazole rings is 1. The van der Waals surface area contributed by atoms with Gasteiger partial charge in [0.15, 0.2) is 4.77 Å². The van der Waals surface area contributed by atoms with Gasteiger partial charge in [0, 0.05) is 12.3 Å². The van der Waals surface area contributed by atoms with Gasteiger partial charge in [0.1, 0.15) is 11.6 Å². The third kappa shape index (κ3) is 1.98. The van der Waals surface area contributed by atoms with Crippen molar-refractivity contribution < 1.29 is 8.78 Å². The summed E-state index contributed by atoms with van der Waals surface area (Å²) < 4.78 is 29.4. The van der Waals surface area contributed by atoms with Gasteiger partial charge in [-0.25, -0.2) is 8.78 Å². The van der Waals surface area contributed by atoms with Crippen LogP contribution in [0.4, 0.5) is 8.78 Å². The van der Waals surface area contributed by atoms with Crippen molar-refractivity contribution in [2.45, 2.75) is 0 Å². The molecule has 1 aromatic carbocycles. The lowest BCUT2D eigenvalue weighted by Crippen LogP contribution is -1.99. The monoisotopic (exact) mass is 341 g/mol. The van der Waals surface area contributed by atoms with Crippen molar-refractivity contribution >= 4 is 39.2 Å². The highest BCUT2D eigenvalue weighted by atomic mass is 79.9. The molecule has 3 nitrogen and oxygen atoms in total. The molecular formula is C12H6BrF2N3S. The standard InChI is InChI=1S/C12H6BrF2N3S/c13-6-3-8(15)11(4-7(6)14)18-10-1-2-16-5-9(10)17-12(18)19/h1-5H,(H,17,19). The molecule has 0 saturated carbocycles. The second-order valence-corrected chi connectivity index (χ2v) is 5.12. The van der Waals surface area contributed by atoms with Gasteiger partial charge in [0.25, 0.3) is 0 Å². The molecule has 2 aromatic heterocycles. The molecule has 0 fully saturated rings. The van der Waals surface area contributed by atoms with Crippen molar-refractivity contribution in [2.24, 2.45) is 0 Å². The van der Waals surface area contributed by atoms with Gasteiger partial charge in [0.05, 0.1) is 27.4 Å². The van der Waals surface area contributed by atoms with Crippen LogP contribution in [-0.2, 0) is 0 Å². The molecule has 0 radical (unpaired) electrons. The fourth-order valence-electron chi connectivity index (χ4n) is 1.88. The molecule has 0 spiro atoms. The molecule has 1 N–H and O–H groups in total. The van der Waals surface area contributed by atoms with Crippen LogP contribution in [0.25, 0.3) is 16.7 Å². The van der Waals surface area contributed by atoms with Gasteiger partial charge < -0.3 is 4.98 Å². The Labute approximate surface area is 120 Å². The van der Waals surface area contributed by atoms with Crippen LogP contribution in [-0.4, -0.2) is 14.5 Å². The molecule has 3 rings (SSSR count). The van der Waals surface area contributed by atoms with E-state index in [2.05, 4.69) is 25.9 Å². The zero-order chi connectivity index (χ0) is 13.6. The lowest BCUT2D eigenvalue weighted by Gasteiger charge is -2.07. The summed E-state index contributed by atoms with van der Waals surface area (Å²) >= 11 is 8.09. The first-order valence-electron chi connectivity index (χ1n) is 5.27. The van der Waals surface area contributed by atoms with Gasteiger partial charge in [-0.3, -0.25) is 9.55 Å². The highest BCUT2D eigenvalue weighted by Gasteiger charge is 2.13. The van der Waals surface area contributed by atoms with Gasteiger partial charge in [-0.1, -0.05) is 0 Å². The topological polar surface area (TPSA) is 33.6 Å². The first-order chi connectivity index (χ1) is 9.08. The fraction of sp³-hybridized carbons (Fsp3) is 0. The predicted molar refractivity (Wildman–Crippen MR) is 73.9 cm³/mol. The van der Waals surface area contributed by atoms with E-state index >= 15 is 0 Å². The first-order valence-corrected chi connectivity index (χ1v) is 6.47. The molecule has 0 bridgehead atoms. The Hall–Kier alpha value is -1.60. The Morgan fingerprint density at radius 2 is 2.05 bits per heavy atom. The van der Waals surface area contributed by atoms with E-state index in [1.165, 1.54) is 4.57 Å². The second kappa shape index (κ2) is 4.50. The van der Waals surface area contributed by atoms with Crippen LogP contribution in [0.1, 0.15) is 0 Å². The molecule has 0 aliphatic rings. The van der Waals surface area contributed by atoms with E-state index in [4.69, 9.17) is 12.2 Å². The van der Waals surface area contributed by atoms with Crippen molar-refractivity contribution in [1.82, 2.24) is 14.5 Å². The zero-order valence-corrected chi connectivity index (χ0v) is 11.7. The number of H-pyrrole nitrogens is 1. The number of hydrogen-bond acceptors (Lipinski definition) is 2. The van der Waals surface area contributed by atoms with Crippen LogP contribution in [0.15, 0.2) is 35.1 Å². The number of nitrogens with one attached hydrogen (secondary N) is 1. The number of hydrogen-bond donors (Lipinski definition) is 1. The van der Waals surface area contributed by atoms with Crippen LogP contribution in [0, 0.1) is 16.4 Å². The normalized spacial score (nSPS) is 11.1. The summed E-state index contributed by atoms with van der Waals surface area (Å²) in [5.41, 5.74) is 1.36. The molecule has 0 amide bonds. The summed E-state index contributed by atoms with van der Waals surface area (Å²) in [5, 5.41) is 0. The summed E-state index contributed by atoms with van der Waals surface area (Å²) in [6.45, 7) is 0. The van der Waals surface area contributed by atoms with Crippen LogP contribution in [0.3, 0.4) is 0 Å². The molecule has 2 heterocycles. The molecule has 0 unspecified atom stereocenters. The van der Waals surface area contributed by atoms with Crippen LogP contribution < -0.4 is 0 Å². The first kappa shape index (κ1) is 12.4. The maximum atomic E-state index is 14.0. The minimum atomic E-state index is -0.568. The fourth-order valence-corrected chi connectivity index (χ4v) is 2.50. The number of benzene rings is 1. The van der Waals surface area contributed by atoms with Crippen LogP contribution in [0.2, 0.25) is 0 Å². The quantitative estimate of drug-likeness (QED) is 0.533. The van der Waals surface area contributed by atoms with Crippen molar-refractivity contribution in [3.63, 3.8) is 0 Å². The third-order valence-electron chi connectivity index (χ3n) is 2.71. The largest absolute Gasteiger partial charge is 0.329 e. The Kier molecular flexibility index (Phi) is 2.94. The summed E-state index contributed by atoms with van der Waals surface area (Å²) in [6, 6.07) is 3.86. The third-order valence-corrected chi connectivity index (χ3v) is 3.61. The average molecular weight is 342 g/mol. The molecule has 0 saturated heterocycles. The smallest absolute Gasteiger partial charge is 0.182 e. The van der Waals surface area contributed by atoms with E-state index in [0.29, 0.717) is 11.0 Å². The maximum Gasteiger partial charge on any atom is 0.182 e. The lowest BCUT2D eigenvalue weighted by atomic mass is 10.3. The minimum absolute atomic E-state index is 0.0585. The Morgan fingerprint density at radius 1 is 1.26 bits per heavy atom.